The second-order valence-corrected chi connectivity index (χ2v) is 7.81. The largest absolute Gasteiger partial charge is 0.480 e. The topological polar surface area (TPSA) is 37.3 Å². The fourth-order valence-electron chi connectivity index (χ4n) is 3.66. The molecule has 0 amide bonds. The number of aliphatic carboxylic acids is 1. The van der Waals surface area contributed by atoms with E-state index < -0.39 is 10.7 Å². The van der Waals surface area contributed by atoms with Gasteiger partial charge in [0.25, 0.3) is 0 Å². The second-order valence-electron chi connectivity index (χ2n) is 5.92. The Balaban J connectivity index is 1.78. The first-order valence-corrected chi connectivity index (χ1v) is 7.91. The SMILES string of the molecule is O=C(O)C1(Sc2cccc(Cl)c2)CC2(CCCC2)C1. The maximum Gasteiger partial charge on any atom is 0.320 e. The molecule has 19 heavy (non-hydrogen) atoms. The van der Waals surface area contributed by atoms with Crippen molar-refractivity contribution in [1.29, 1.82) is 0 Å². The summed E-state index contributed by atoms with van der Waals surface area (Å²) in [5, 5.41) is 10.3. The zero-order valence-electron chi connectivity index (χ0n) is 10.7. The zero-order valence-corrected chi connectivity index (χ0v) is 12.3. The van der Waals surface area contributed by atoms with Gasteiger partial charge in [-0.1, -0.05) is 30.5 Å². The highest BCUT2D eigenvalue weighted by atomic mass is 35.5. The quantitative estimate of drug-likeness (QED) is 0.885. The number of hydrogen-bond acceptors (Lipinski definition) is 2. The van der Waals surface area contributed by atoms with E-state index in [4.69, 9.17) is 11.6 Å². The molecule has 2 nitrogen and oxygen atoms in total. The molecule has 102 valence electrons. The maximum atomic E-state index is 11.7. The van der Waals surface area contributed by atoms with Crippen LogP contribution in [0.2, 0.25) is 5.02 Å². The highest BCUT2D eigenvalue weighted by Gasteiger charge is 2.60. The average molecular weight is 297 g/mol. The zero-order chi connectivity index (χ0) is 13.5. The van der Waals surface area contributed by atoms with Crippen LogP contribution in [0.1, 0.15) is 38.5 Å². The number of benzene rings is 1. The van der Waals surface area contributed by atoms with Crippen LogP contribution in [-0.2, 0) is 4.79 Å². The molecule has 0 atom stereocenters. The van der Waals surface area contributed by atoms with Crippen LogP contribution in [-0.4, -0.2) is 15.8 Å². The molecule has 2 aliphatic rings. The van der Waals surface area contributed by atoms with Crippen molar-refractivity contribution < 1.29 is 9.90 Å². The van der Waals surface area contributed by atoms with Gasteiger partial charge in [0.1, 0.15) is 4.75 Å². The van der Waals surface area contributed by atoms with Crippen molar-refractivity contribution in [3.8, 4) is 0 Å². The lowest BCUT2D eigenvalue weighted by molar-refractivity contribution is -0.146. The van der Waals surface area contributed by atoms with E-state index in [9.17, 15) is 9.90 Å². The standard InChI is InChI=1S/C15H17ClO2S/c16-11-4-3-5-12(8-11)19-15(13(17)18)9-14(10-15)6-1-2-7-14/h3-5,8H,1-2,6-7,9-10H2,(H,17,18). The van der Waals surface area contributed by atoms with Gasteiger partial charge in [0.05, 0.1) is 0 Å². The van der Waals surface area contributed by atoms with E-state index >= 15 is 0 Å². The molecule has 0 saturated heterocycles. The Kier molecular flexibility index (Phi) is 3.30. The molecule has 2 fully saturated rings. The first kappa shape index (κ1) is 13.3. The number of rotatable bonds is 3. The van der Waals surface area contributed by atoms with Gasteiger partial charge in [-0.25, -0.2) is 0 Å². The number of carbonyl (C=O) groups is 1. The first-order chi connectivity index (χ1) is 9.04. The van der Waals surface area contributed by atoms with Crippen molar-refractivity contribution in [2.45, 2.75) is 48.2 Å². The molecule has 4 heteroatoms. The molecule has 0 aromatic heterocycles. The Labute approximate surface area is 122 Å². The minimum absolute atomic E-state index is 0.323. The Hall–Kier alpha value is -0.670. The molecule has 0 heterocycles. The van der Waals surface area contributed by atoms with Gasteiger partial charge < -0.3 is 5.11 Å². The molecule has 1 N–H and O–H groups in total. The lowest BCUT2D eigenvalue weighted by Crippen LogP contribution is -2.53. The van der Waals surface area contributed by atoms with Crippen molar-refractivity contribution >= 4 is 29.3 Å². The van der Waals surface area contributed by atoms with E-state index in [2.05, 4.69) is 0 Å². The molecular formula is C15H17ClO2S. The summed E-state index contributed by atoms with van der Waals surface area (Å²) in [7, 11) is 0. The number of carboxylic acid groups (broad SMARTS) is 1. The van der Waals surface area contributed by atoms with Crippen molar-refractivity contribution in [3.05, 3.63) is 29.3 Å². The normalized spacial score (nSPS) is 23.2. The smallest absolute Gasteiger partial charge is 0.320 e. The van der Waals surface area contributed by atoms with Gasteiger partial charge in [-0.2, -0.15) is 0 Å². The molecule has 1 aromatic rings. The molecule has 2 saturated carbocycles. The minimum Gasteiger partial charge on any atom is -0.480 e. The monoisotopic (exact) mass is 296 g/mol. The van der Waals surface area contributed by atoms with Gasteiger partial charge in [0, 0.05) is 9.92 Å². The second kappa shape index (κ2) is 4.71. The molecule has 0 radical (unpaired) electrons. The van der Waals surface area contributed by atoms with E-state index in [-0.39, 0.29) is 0 Å². The molecule has 0 unspecified atom stereocenters. The van der Waals surface area contributed by atoms with E-state index in [0.29, 0.717) is 10.4 Å². The summed E-state index contributed by atoms with van der Waals surface area (Å²) >= 11 is 7.45. The Morgan fingerprint density at radius 1 is 1.26 bits per heavy atom. The third-order valence-corrected chi connectivity index (χ3v) is 6.06. The van der Waals surface area contributed by atoms with E-state index in [1.807, 2.05) is 24.3 Å². The summed E-state index contributed by atoms with van der Waals surface area (Å²) in [4.78, 5) is 12.6. The Morgan fingerprint density at radius 2 is 1.95 bits per heavy atom. The van der Waals surface area contributed by atoms with Crippen LogP contribution in [0.4, 0.5) is 0 Å². The fourth-order valence-corrected chi connectivity index (χ4v) is 5.54. The Bertz CT molecular complexity index is 501. The van der Waals surface area contributed by atoms with Crippen LogP contribution >= 0.6 is 23.4 Å². The van der Waals surface area contributed by atoms with Crippen LogP contribution in [0.25, 0.3) is 0 Å². The molecule has 2 aliphatic carbocycles. The average Bonchev–Trinajstić information content (AvgIpc) is 2.76. The van der Waals surface area contributed by atoms with Crippen molar-refractivity contribution in [1.82, 2.24) is 0 Å². The van der Waals surface area contributed by atoms with Crippen LogP contribution in [0, 0.1) is 5.41 Å². The summed E-state index contributed by atoms with van der Waals surface area (Å²) in [6.45, 7) is 0. The van der Waals surface area contributed by atoms with Gasteiger partial charge in [-0.15, -0.1) is 11.8 Å². The van der Waals surface area contributed by atoms with Crippen LogP contribution < -0.4 is 0 Å². The molecule has 0 aliphatic heterocycles. The lowest BCUT2D eigenvalue weighted by atomic mass is 9.60. The van der Waals surface area contributed by atoms with E-state index in [1.165, 1.54) is 37.4 Å². The number of thioether (sulfide) groups is 1. The van der Waals surface area contributed by atoms with Gasteiger partial charge >= 0.3 is 5.97 Å². The summed E-state index contributed by atoms with van der Waals surface area (Å²) in [6.07, 6.45) is 6.56. The highest BCUT2D eigenvalue weighted by Crippen LogP contribution is 2.64. The maximum absolute atomic E-state index is 11.7. The fraction of sp³-hybridized carbons (Fsp3) is 0.533. The molecule has 3 rings (SSSR count). The molecule has 1 spiro atoms. The third-order valence-electron chi connectivity index (χ3n) is 4.48. The third kappa shape index (κ3) is 2.38. The number of hydrogen-bond donors (Lipinski definition) is 1. The Morgan fingerprint density at radius 3 is 2.53 bits per heavy atom. The van der Waals surface area contributed by atoms with Crippen LogP contribution in [0.5, 0.6) is 0 Å². The summed E-state index contributed by atoms with van der Waals surface area (Å²) in [5.41, 5.74) is 0.323. The van der Waals surface area contributed by atoms with Crippen molar-refractivity contribution in [2.75, 3.05) is 0 Å². The number of carboxylic acids is 1. The van der Waals surface area contributed by atoms with Gasteiger partial charge in [-0.05, 0) is 49.3 Å². The molecule has 0 bridgehead atoms. The summed E-state index contributed by atoms with van der Waals surface area (Å²) in [6, 6.07) is 7.50. The lowest BCUT2D eigenvalue weighted by Gasteiger charge is -2.52. The van der Waals surface area contributed by atoms with Crippen LogP contribution in [0.15, 0.2) is 29.2 Å². The predicted octanol–water partition coefficient (Wildman–Crippen LogP) is 4.61. The summed E-state index contributed by atoms with van der Waals surface area (Å²) in [5.74, 6) is -0.671. The number of halogens is 1. The summed E-state index contributed by atoms with van der Waals surface area (Å²) < 4.78 is -0.630. The van der Waals surface area contributed by atoms with E-state index in [0.717, 1.165) is 17.7 Å². The van der Waals surface area contributed by atoms with Gasteiger partial charge in [0.2, 0.25) is 0 Å². The van der Waals surface area contributed by atoms with Gasteiger partial charge in [0.15, 0.2) is 0 Å². The van der Waals surface area contributed by atoms with Crippen LogP contribution in [0.3, 0.4) is 0 Å². The minimum atomic E-state index is -0.671. The predicted molar refractivity (Wildman–Crippen MR) is 77.8 cm³/mol. The molecule has 1 aromatic carbocycles. The first-order valence-electron chi connectivity index (χ1n) is 6.72. The highest BCUT2D eigenvalue weighted by molar-refractivity contribution is 8.01. The van der Waals surface area contributed by atoms with Crippen molar-refractivity contribution in [3.63, 3.8) is 0 Å². The molecular weight excluding hydrogens is 280 g/mol. The van der Waals surface area contributed by atoms with E-state index in [1.54, 1.807) is 0 Å². The van der Waals surface area contributed by atoms with Crippen molar-refractivity contribution in [2.24, 2.45) is 5.41 Å². The van der Waals surface area contributed by atoms with Gasteiger partial charge in [-0.3, -0.25) is 4.79 Å².